The quantitative estimate of drug-likeness (QED) is 0.719. The molecular weight excluding hydrogens is 294 g/mol. The summed E-state index contributed by atoms with van der Waals surface area (Å²) in [5.41, 5.74) is 7.03. The molecule has 23 heavy (non-hydrogen) atoms. The van der Waals surface area contributed by atoms with Gasteiger partial charge in [0.15, 0.2) is 0 Å². The number of nitrogens with one attached hydrogen (secondary N) is 1. The van der Waals surface area contributed by atoms with Crippen LogP contribution in [0.15, 0.2) is 30.6 Å². The minimum atomic E-state index is -0.936. The number of carbonyl (C=O) groups excluding carboxylic acids is 1. The molecule has 7 heteroatoms. The Bertz CT molecular complexity index is 702. The van der Waals surface area contributed by atoms with Crippen LogP contribution in [0.1, 0.15) is 12.8 Å². The number of rotatable bonds is 5. The van der Waals surface area contributed by atoms with Gasteiger partial charge in [-0.15, -0.1) is 0 Å². The van der Waals surface area contributed by atoms with Gasteiger partial charge in [-0.1, -0.05) is 0 Å². The average molecular weight is 315 g/mol. The van der Waals surface area contributed by atoms with Crippen molar-refractivity contribution in [2.24, 2.45) is 5.73 Å². The van der Waals surface area contributed by atoms with Gasteiger partial charge in [-0.25, -0.2) is 0 Å². The number of amides is 1. The highest BCUT2D eigenvalue weighted by Gasteiger charge is 2.37. The van der Waals surface area contributed by atoms with E-state index in [1.165, 1.54) is 0 Å². The molecule has 1 aliphatic heterocycles. The van der Waals surface area contributed by atoms with E-state index in [0.717, 1.165) is 16.7 Å². The minimum Gasteiger partial charge on any atom is -0.386 e. The lowest BCUT2D eigenvalue weighted by Gasteiger charge is -2.25. The molecular formula is C16H21N5O2. The Balaban J connectivity index is 1.72. The fourth-order valence-electron chi connectivity index (χ4n) is 2.91. The summed E-state index contributed by atoms with van der Waals surface area (Å²) in [6, 6.07) is 5.68. The monoisotopic (exact) mass is 315 g/mol. The number of hydrogen-bond acceptors (Lipinski definition) is 6. The number of carbonyl (C=O) groups is 1. The first kappa shape index (κ1) is 15.6. The van der Waals surface area contributed by atoms with Gasteiger partial charge in [-0.2, -0.15) is 0 Å². The zero-order chi connectivity index (χ0) is 16.3. The second kappa shape index (κ2) is 6.47. The van der Waals surface area contributed by atoms with Gasteiger partial charge >= 0.3 is 0 Å². The van der Waals surface area contributed by atoms with Gasteiger partial charge < -0.3 is 21.1 Å². The molecule has 1 aliphatic rings. The van der Waals surface area contributed by atoms with Crippen molar-refractivity contribution < 1.29 is 9.90 Å². The predicted molar refractivity (Wildman–Crippen MR) is 88.0 cm³/mol. The lowest BCUT2D eigenvalue weighted by molar-refractivity contribution is -0.122. The maximum absolute atomic E-state index is 11.5. The van der Waals surface area contributed by atoms with E-state index in [0.29, 0.717) is 26.1 Å². The number of anilines is 1. The van der Waals surface area contributed by atoms with Gasteiger partial charge in [0.05, 0.1) is 11.2 Å². The van der Waals surface area contributed by atoms with Crippen LogP contribution in [0.25, 0.3) is 11.0 Å². The SMILES string of the molecule is NCCC(=O)NC[C@@]1(O)CCN(c2ccnc3cccnc23)C1. The highest BCUT2D eigenvalue weighted by molar-refractivity contribution is 5.87. The Kier molecular flexibility index (Phi) is 4.40. The van der Waals surface area contributed by atoms with Gasteiger partial charge in [0.1, 0.15) is 11.1 Å². The van der Waals surface area contributed by atoms with E-state index in [2.05, 4.69) is 20.2 Å². The van der Waals surface area contributed by atoms with Crippen LogP contribution >= 0.6 is 0 Å². The van der Waals surface area contributed by atoms with E-state index in [1.54, 1.807) is 12.4 Å². The molecule has 122 valence electrons. The summed E-state index contributed by atoms with van der Waals surface area (Å²) >= 11 is 0. The maximum atomic E-state index is 11.5. The highest BCUT2D eigenvalue weighted by atomic mass is 16.3. The summed E-state index contributed by atoms with van der Waals surface area (Å²) < 4.78 is 0. The van der Waals surface area contributed by atoms with Crippen molar-refractivity contribution in [2.75, 3.05) is 31.1 Å². The van der Waals surface area contributed by atoms with Crippen LogP contribution in [0.5, 0.6) is 0 Å². The van der Waals surface area contributed by atoms with E-state index in [-0.39, 0.29) is 18.9 Å². The molecule has 2 aromatic heterocycles. The van der Waals surface area contributed by atoms with Gasteiger partial charge in [-0.05, 0) is 24.6 Å². The summed E-state index contributed by atoms with van der Waals surface area (Å²) in [6.45, 7) is 1.70. The van der Waals surface area contributed by atoms with Crippen LogP contribution < -0.4 is 16.0 Å². The lowest BCUT2D eigenvalue weighted by Crippen LogP contribution is -2.45. The third kappa shape index (κ3) is 3.40. The molecule has 1 fully saturated rings. The highest BCUT2D eigenvalue weighted by Crippen LogP contribution is 2.30. The molecule has 0 spiro atoms. The maximum Gasteiger partial charge on any atom is 0.221 e. The van der Waals surface area contributed by atoms with Crippen LogP contribution in [0.3, 0.4) is 0 Å². The first-order valence-electron chi connectivity index (χ1n) is 7.75. The summed E-state index contributed by atoms with van der Waals surface area (Å²) in [6.07, 6.45) is 4.35. The molecule has 0 radical (unpaired) electrons. The Hall–Kier alpha value is -2.25. The molecule has 7 nitrogen and oxygen atoms in total. The van der Waals surface area contributed by atoms with E-state index in [1.807, 2.05) is 18.2 Å². The van der Waals surface area contributed by atoms with E-state index in [9.17, 15) is 9.90 Å². The van der Waals surface area contributed by atoms with Crippen molar-refractivity contribution in [1.29, 1.82) is 0 Å². The molecule has 4 N–H and O–H groups in total. The van der Waals surface area contributed by atoms with Crippen molar-refractivity contribution in [3.8, 4) is 0 Å². The van der Waals surface area contributed by atoms with E-state index < -0.39 is 5.60 Å². The Morgan fingerprint density at radius 2 is 2.26 bits per heavy atom. The third-order valence-electron chi connectivity index (χ3n) is 4.13. The Morgan fingerprint density at radius 1 is 1.39 bits per heavy atom. The first-order valence-corrected chi connectivity index (χ1v) is 7.75. The summed E-state index contributed by atoms with van der Waals surface area (Å²) in [5.74, 6) is -0.129. The molecule has 0 aliphatic carbocycles. The van der Waals surface area contributed by atoms with Crippen molar-refractivity contribution in [3.63, 3.8) is 0 Å². The number of aliphatic hydroxyl groups is 1. The Labute approximate surface area is 134 Å². The van der Waals surface area contributed by atoms with Gasteiger partial charge in [-0.3, -0.25) is 14.8 Å². The van der Waals surface area contributed by atoms with Crippen LogP contribution in [0, 0.1) is 0 Å². The van der Waals surface area contributed by atoms with Crippen LogP contribution in [0.4, 0.5) is 5.69 Å². The number of fused-ring (bicyclic) bond motifs is 1. The topological polar surface area (TPSA) is 104 Å². The third-order valence-corrected chi connectivity index (χ3v) is 4.13. The zero-order valence-corrected chi connectivity index (χ0v) is 12.9. The average Bonchev–Trinajstić information content (AvgIpc) is 2.95. The van der Waals surface area contributed by atoms with Crippen LogP contribution in [0.2, 0.25) is 0 Å². The van der Waals surface area contributed by atoms with Gasteiger partial charge in [0.25, 0.3) is 0 Å². The van der Waals surface area contributed by atoms with Crippen molar-refractivity contribution in [2.45, 2.75) is 18.4 Å². The summed E-state index contributed by atoms with van der Waals surface area (Å²) in [7, 11) is 0. The number of aromatic nitrogens is 2. The van der Waals surface area contributed by atoms with Gasteiger partial charge in [0.2, 0.25) is 5.91 Å². The van der Waals surface area contributed by atoms with Crippen LogP contribution in [-0.2, 0) is 4.79 Å². The molecule has 3 rings (SSSR count). The molecule has 0 bridgehead atoms. The second-order valence-electron chi connectivity index (χ2n) is 5.91. The zero-order valence-electron chi connectivity index (χ0n) is 12.9. The first-order chi connectivity index (χ1) is 11.1. The minimum absolute atomic E-state index is 0.129. The number of hydrogen-bond donors (Lipinski definition) is 3. The molecule has 2 aromatic rings. The molecule has 1 atom stereocenters. The molecule has 0 unspecified atom stereocenters. The Morgan fingerprint density at radius 3 is 3.09 bits per heavy atom. The lowest BCUT2D eigenvalue weighted by atomic mass is 10.0. The van der Waals surface area contributed by atoms with Crippen molar-refractivity contribution in [3.05, 3.63) is 30.6 Å². The smallest absolute Gasteiger partial charge is 0.221 e. The molecule has 1 amide bonds. The van der Waals surface area contributed by atoms with Crippen LogP contribution in [-0.4, -0.2) is 52.8 Å². The normalized spacial score (nSPS) is 20.9. The van der Waals surface area contributed by atoms with E-state index in [4.69, 9.17) is 5.73 Å². The number of nitrogens with zero attached hydrogens (tertiary/aromatic N) is 3. The number of nitrogens with two attached hydrogens (primary N) is 1. The largest absolute Gasteiger partial charge is 0.386 e. The second-order valence-corrected chi connectivity index (χ2v) is 5.91. The molecule has 0 aromatic carbocycles. The fourth-order valence-corrected chi connectivity index (χ4v) is 2.91. The number of pyridine rings is 2. The molecule has 1 saturated heterocycles. The number of β-amino-alcohol motifs (C(OH)–C–C–N with tert-alkyl or cyclic N) is 1. The summed E-state index contributed by atoms with van der Waals surface area (Å²) in [4.78, 5) is 22.3. The standard InChI is InChI=1S/C16H21N5O2/c17-6-3-14(22)20-10-16(23)5-9-21(11-16)13-4-8-18-12-2-1-7-19-15(12)13/h1-2,4,7-8,23H,3,5-6,9-11,17H2,(H,20,22)/t16-/m0/s1. The fraction of sp³-hybridized carbons (Fsp3) is 0.438. The molecule has 0 saturated carbocycles. The molecule has 3 heterocycles. The van der Waals surface area contributed by atoms with Crippen molar-refractivity contribution in [1.82, 2.24) is 15.3 Å². The predicted octanol–water partition coefficient (Wildman–Crippen LogP) is 0.0360. The summed E-state index contributed by atoms with van der Waals surface area (Å²) in [5, 5.41) is 13.4. The van der Waals surface area contributed by atoms with Gasteiger partial charge in [0, 0.05) is 45.0 Å². The van der Waals surface area contributed by atoms with E-state index >= 15 is 0 Å². The van der Waals surface area contributed by atoms with Crippen molar-refractivity contribution >= 4 is 22.6 Å².